The summed E-state index contributed by atoms with van der Waals surface area (Å²) in [5, 5.41) is 6.21. The maximum Gasteiger partial charge on any atom is 0.191 e. The molecule has 0 saturated carbocycles. The van der Waals surface area contributed by atoms with Gasteiger partial charge in [0.1, 0.15) is 23.7 Å². The zero-order valence-corrected chi connectivity index (χ0v) is 19.6. The Morgan fingerprint density at radius 1 is 1.24 bits per heavy atom. The summed E-state index contributed by atoms with van der Waals surface area (Å²) in [5.74, 6) is 1.00. The molecule has 2 aromatic rings. The van der Waals surface area contributed by atoms with Crippen LogP contribution >= 0.6 is 23.1 Å². The van der Waals surface area contributed by atoms with Gasteiger partial charge in [-0.2, -0.15) is 0 Å². The maximum atomic E-state index is 6.05. The van der Waals surface area contributed by atoms with E-state index in [2.05, 4.69) is 33.0 Å². The van der Waals surface area contributed by atoms with Crippen LogP contribution in [0.3, 0.4) is 0 Å². The van der Waals surface area contributed by atoms with Crippen molar-refractivity contribution in [3.63, 3.8) is 0 Å². The molecule has 0 aliphatic carbocycles. The number of rotatable bonds is 7. The normalized spacial score (nSPS) is 19.6. The number of morpholine rings is 1. The van der Waals surface area contributed by atoms with Gasteiger partial charge in [0.2, 0.25) is 0 Å². The Labute approximate surface area is 181 Å². The quantitative estimate of drug-likeness (QED) is 0.395. The van der Waals surface area contributed by atoms with Gasteiger partial charge in [0, 0.05) is 29.5 Å². The first-order valence-corrected chi connectivity index (χ1v) is 12.4. The van der Waals surface area contributed by atoms with Crippen molar-refractivity contribution in [3.05, 3.63) is 10.4 Å². The molecule has 2 aliphatic rings. The van der Waals surface area contributed by atoms with Crippen LogP contribution in [0.2, 0.25) is 0 Å². The Morgan fingerprint density at radius 3 is 2.79 bits per heavy atom. The van der Waals surface area contributed by atoms with E-state index in [4.69, 9.17) is 19.4 Å². The molecule has 4 heterocycles. The second kappa shape index (κ2) is 9.06. The number of thioether (sulfide) groups is 1. The summed E-state index contributed by atoms with van der Waals surface area (Å²) in [7, 11) is 0. The number of nitrogens with one attached hydrogen (secondary N) is 2. The van der Waals surface area contributed by atoms with Gasteiger partial charge in [0.15, 0.2) is 5.16 Å². The predicted molar refractivity (Wildman–Crippen MR) is 120 cm³/mol. The number of hydrogen-bond acceptors (Lipinski definition) is 7. The monoisotopic (exact) mass is 437 g/mol. The molecule has 0 aromatic carbocycles. The molecule has 0 unspecified atom stereocenters. The Hall–Kier alpha value is -0.930. The summed E-state index contributed by atoms with van der Waals surface area (Å²) in [6.07, 6.45) is 2.05. The van der Waals surface area contributed by atoms with E-state index in [1.54, 1.807) is 28.0 Å². The smallest absolute Gasteiger partial charge is 0.191 e. The van der Waals surface area contributed by atoms with E-state index in [0.717, 1.165) is 61.5 Å². The first-order valence-electron chi connectivity index (χ1n) is 10.7. The number of fused-ring (bicyclic) bond motifs is 3. The van der Waals surface area contributed by atoms with Crippen LogP contribution in [0.25, 0.3) is 10.2 Å². The average Bonchev–Trinajstić information content (AvgIpc) is 3.02. The van der Waals surface area contributed by atoms with Gasteiger partial charge in [-0.3, -0.25) is 0 Å². The lowest BCUT2D eigenvalue weighted by Gasteiger charge is -2.30. The standard InChI is InChI=1S/C21H32N4O2S2/c1-14(2)28-20-23-18(22-6-5-7-25-8-10-26-11-9-25)17-15-12-21(3,4)27-13-16(15)29-19(17)24-20/h14H,5-13H2,1-4H3,(H,22,23,24)/p+1. The summed E-state index contributed by atoms with van der Waals surface area (Å²) in [5.41, 5.74) is 1.24. The van der Waals surface area contributed by atoms with E-state index in [9.17, 15) is 0 Å². The van der Waals surface area contributed by atoms with Gasteiger partial charge in [-0.05, 0) is 19.4 Å². The highest BCUT2D eigenvalue weighted by Gasteiger charge is 2.31. The van der Waals surface area contributed by atoms with Gasteiger partial charge in [0.25, 0.3) is 0 Å². The molecule has 2 aliphatic heterocycles. The molecule has 0 amide bonds. The van der Waals surface area contributed by atoms with Gasteiger partial charge in [-0.1, -0.05) is 25.6 Å². The lowest BCUT2D eigenvalue weighted by Crippen LogP contribution is -3.14. The molecule has 8 heteroatoms. The zero-order valence-electron chi connectivity index (χ0n) is 18.0. The number of hydrogen-bond donors (Lipinski definition) is 2. The highest BCUT2D eigenvalue weighted by Crippen LogP contribution is 2.41. The highest BCUT2D eigenvalue weighted by atomic mass is 32.2. The Morgan fingerprint density at radius 2 is 2.03 bits per heavy atom. The third-order valence-electron chi connectivity index (χ3n) is 5.45. The van der Waals surface area contributed by atoms with Crippen molar-refractivity contribution in [3.8, 4) is 0 Å². The average molecular weight is 438 g/mol. The van der Waals surface area contributed by atoms with Crippen molar-refractivity contribution in [2.45, 2.75) is 63.2 Å². The first-order chi connectivity index (χ1) is 13.9. The van der Waals surface area contributed by atoms with E-state index >= 15 is 0 Å². The number of ether oxygens (including phenoxy) is 2. The Balaban J connectivity index is 1.55. The van der Waals surface area contributed by atoms with Crippen LogP contribution in [-0.2, 0) is 22.5 Å². The lowest BCUT2D eigenvalue weighted by atomic mass is 9.94. The van der Waals surface area contributed by atoms with Crippen molar-refractivity contribution in [1.29, 1.82) is 0 Å². The third kappa shape index (κ3) is 5.22. The highest BCUT2D eigenvalue weighted by molar-refractivity contribution is 7.99. The molecule has 1 saturated heterocycles. The second-order valence-electron chi connectivity index (χ2n) is 8.82. The van der Waals surface area contributed by atoms with Crippen LogP contribution in [0, 0.1) is 0 Å². The molecule has 6 nitrogen and oxygen atoms in total. The lowest BCUT2D eigenvalue weighted by molar-refractivity contribution is -0.908. The number of thiophene rings is 1. The minimum atomic E-state index is -0.136. The van der Waals surface area contributed by atoms with Crippen LogP contribution in [0.5, 0.6) is 0 Å². The Kier molecular flexibility index (Phi) is 6.65. The van der Waals surface area contributed by atoms with Gasteiger partial charge in [0.05, 0.1) is 37.4 Å². The maximum absolute atomic E-state index is 6.05. The van der Waals surface area contributed by atoms with Crippen LogP contribution in [-0.4, -0.2) is 60.2 Å². The SMILES string of the molecule is CC(C)Sc1nc(NCCC[NH+]2CCOCC2)c2c3c(sc2n1)COC(C)(C)C3. The molecular formula is C21H33N4O2S2+. The molecule has 4 rings (SSSR count). The van der Waals surface area contributed by atoms with Crippen molar-refractivity contribution >= 4 is 39.1 Å². The minimum absolute atomic E-state index is 0.136. The second-order valence-corrected chi connectivity index (χ2v) is 11.5. The molecule has 1 fully saturated rings. The largest absolute Gasteiger partial charge is 0.370 e. The topological polar surface area (TPSA) is 60.7 Å². The van der Waals surface area contributed by atoms with Gasteiger partial charge < -0.3 is 19.7 Å². The van der Waals surface area contributed by atoms with Crippen molar-refractivity contribution in [2.24, 2.45) is 0 Å². The third-order valence-corrected chi connectivity index (χ3v) is 7.41. The van der Waals surface area contributed by atoms with E-state index in [1.807, 2.05) is 0 Å². The minimum Gasteiger partial charge on any atom is -0.370 e. The molecule has 0 bridgehead atoms. The van der Waals surface area contributed by atoms with E-state index in [1.165, 1.54) is 22.4 Å². The Bertz CT molecular complexity index is 847. The molecule has 160 valence electrons. The summed E-state index contributed by atoms with van der Waals surface area (Å²) in [6, 6.07) is 0. The summed E-state index contributed by atoms with van der Waals surface area (Å²) < 4.78 is 11.5. The van der Waals surface area contributed by atoms with Crippen molar-refractivity contribution in [1.82, 2.24) is 9.97 Å². The summed E-state index contributed by atoms with van der Waals surface area (Å²) in [4.78, 5) is 13.9. The van der Waals surface area contributed by atoms with Gasteiger partial charge in [-0.15, -0.1) is 11.3 Å². The fourth-order valence-corrected chi connectivity index (χ4v) is 5.84. The molecular weight excluding hydrogens is 404 g/mol. The van der Waals surface area contributed by atoms with Gasteiger partial charge in [-0.25, -0.2) is 9.97 Å². The summed E-state index contributed by atoms with van der Waals surface area (Å²) in [6.45, 7) is 15.5. The molecule has 2 aromatic heterocycles. The number of nitrogens with zero attached hydrogens (tertiary/aromatic N) is 2. The van der Waals surface area contributed by atoms with Gasteiger partial charge >= 0.3 is 0 Å². The number of quaternary nitrogens is 1. The molecule has 2 N–H and O–H groups in total. The van der Waals surface area contributed by atoms with Crippen LogP contribution in [0.1, 0.15) is 44.6 Å². The zero-order chi connectivity index (χ0) is 20.4. The van der Waals surface area contributed by atoms with E-state index in [-0.39, 0.29) is 5.60 Å². The van der Waals surface area contributed by atoms with E-state index < -0.39 is 0 Å². The fraction of sp³-hybridized carbons (Fsp3) is 0.714. The van der Waals surface area contributed by atoms with Crippen LogP contribution < -0.4 is 10.2 Å². The number of anilines is 1. The molecule has 0 atom stereocenters. The van der Waals surface area contributed by atoms with Crippen LogP contribution in [0.15, 0.2) is 5.16 Å². The molecule has 0 radical (unpaired) electrons. The van der Waals surface area contributed by atoms with Crippen LogP contribution in [0.4, 0.5) is 5.82 Å². The summed E-state index contributed by atoms with van der Waals surface area (Å²) >= 11 is 3.50. The number of aromatic nitrogens is 2. The molecule has 29 heavy (non-hydrogen) atoms. The van der Waals surface area contributed by atoms with E-state index in [0.29, 0.717) is 11.9 Å². The first kappa shape index (κ1) is 21.3. The predicted octanol–water partition coefficient (Wildman–Crippen LogP) is 2.76. The van der Waals surface area contributed by atoms with Crippen molar-refractivity contribution < 1.29 is 14.4 Å². The van der Waals surface area contributed by atoms with Crippen molar-refractivity contribution in [2.75, 3.05) is 44.7 Å². The fourth-order valence-electron chi connectivity index (χ4n) is 3.97. The molecule has 0 spiro atoms.